The summed E-state index contributed by atoms with van der Waals surface area (Å²) in [6.45, 7) is 6.61. The van der Waals surface area contributed by atoms with E-state index in [-0.39, 0.29) is 11.9 Å². The van der Waals surface area contributed by atoms with Crippen molar-refractivity contribution in [3.63, 3.8) is 0 Å². The average Bonchev–Trinajstić information content (AvgIpc) is 2.07. The van der Waals surface area contributed by atoms with Gasteiger partial charge in [-0.3, -0.25) is 4.79 Å². The molecule has 0 aromatic carbocycles. The summed E-state index contributed by atoms with van der Waals surface area (Å²) in [5, 5.41) is 3.52. The van der Waals surface area contributed by atoms with E-state index >= 15 is 0 Å². The molecule has 2 unspecified atom stereocenters. The number of hydrogen-bond acceptors (Lipinski definition) is 3. The standard InChI is InChI=1S/C11H22N2OS/c1-8(6-10(12)14)13-9-7-15-5-4-11(9,2)3/h8-9,13H,4-7H2,1-3H3,(H2,12,14). The highest BCUT2D eigenvalue weighted by Crippen LogP contribution is 2.34. The zero-order chi connectivity index (χ0) is 11.5. The quantitative estimate of drug-likeness (QED) is 0.767. The highest BCUT2D eigenvalue weighted by molar-refractivity contribution is 7.99. The monoisotopic (exact) mass is 230 g/mol. The van der Waals surface area contributed by atoms with Crippen LogP contribution in [0, 0.1) is 5.41 Å². The van der Waals surface area contributed by atoms with E-state index in [2.05, 4.69) is 19.2 Å². The molecular weight excluding hydrogens is 208 g/mol. The molecule has 1 amide bonds. The molecule has 0 spiro atoms. The average molecular weight is 230 g/mol. The summed E-state index contributed by atoms with van der Waals surface area (Å²) in [5.41, 5.74) is 5.51. The van der Waals surface area contributed by atoms with Crippen LogP contribution in [0.4, 0.5) is 0 Å². The Hall–Kier alpha value is -0.220. The van der Waals surface area contributed by atoms with E-state index in [1.54, 1.807) is 0 Å². The minimum absolute atomic E-state index is 0.186. The lowest BCUT2D eigenvalue weighted by atomic mass is 9.82. The van der Waals surface area contributed by atoms with Crippen molar-refractivity contribution in [2.45, 2.75) is 45.7 Å². The van der Waals surface area contributed by atoms with Gasteiger partial charge in [0.2, 0.25) is 5.91 Å². The fourth-order valence-electron chi connectivity index (χ4n) is 1.91. The van der Waals surface area contributed by atoms with Gasteiger partial charge < -0.3 is 11.1 Å². The molecule has 3 nitrogen and oxygen atoms in total. The van der Waals surface area contributed by atoms with E-state index in [0.29, 0.717) is 17.9 Å². The van der Waals surface area contributed by atoms with Gasteiger partial charge >= 0.3 is 0 Å². The Balaban J connectivity index is 2.45. The Bertz CT molecular complexity index is 231. The van der Waals surface area contributed by atoms with Crippen molar-refractivity contribution in [2.24, 2.45) is 11.1 Å². The van der Waals surface area contributed by atoms with E-state index in [4.69, 9.17) is 5.73 Å². The molecule has 0 bridgehead atoms. The van der Waals surface area contributed by atoms with E-state index < -0.39 is 0 Å². The lowest BCUT2D eigenvalue weighted by Gasteiger charge is -2.40. The van der Waals surface area contributed by atoms with Crippen LogP contribution in [0.1, 0.15) is 33.6 Å². The molecule has 88 valence electrons. The van der Waals surface area contributed by atoms with Crippen LogP contribution in [-0.2, 0) is 4.79 Å². The largest absolute Gasteiger partial charge is 0.370 e. The van der Waals surface area contributed by atoms with Crippen molar-refractivity contribution in [3.8, 4) is 0 Å². The Labute approximate surface area is 96.6 Å². The minimum atomic E-state index is -0.226. The van der Waals surface area contributed by atoms with E-state index in [1.165, 1.54) is 12.2 Å². The number of rotatable bonds is 4. The number of carbonyl (C=O) groups is 1. The Morgan fingerprint density at radius 1 is 1.67 bits per heavy atom. The molecule has 0 radical (unpaired) electrons. The molecule has 1 saturated heterocycles. The number of nitrogens with two attached hydrogens (primary N) is 1. The van der Waals surface area contributed by atoms with Gasteiger partial charge in [-0.05, 0) is 24.5 Å². The molecule has 2 atom stereocenters. The Morgan fingerprint density at radius 3 is 2.87 bits per heavy atom. The number of amides is 1. The second kappa shape index (κ2) is 5.21. The SMILES string of the molecule is CC(CC(N)=O)NC1CSCCC1(C)C. The lowest BCUT2D eigenvalue weighted by molar-refractivity contribution is -0.118. The second-order valence-electron chi connectivity index (χ2n) is 5.10. The summed E-state index contributed by atoms with van der Waals surface area (Å²) in [4.78, 5) is 10.8. The van der Waals surface area contributed by atoms with Gasteiger partial charge in [-0.25, -0.2) is 0 Å². The number of thioether (sulfide) groups is 1. The van der Waals surface area contributed by atoms with E-state index in [9.17, 15) is 4.79 Å². The summed E-state index contributed by atoms with van der Waals surface area (Å²) in [6, 6.07) is 0.677. The first-order chi connectivity index (χ1) is 6.92. The fourth-order valence-corrected chi connectivity index (χ4v) is 3.53. The first kappa shape index (κ1) is 12.8. The number of hydrogen-bond donors (Lipinski definition) is 2. The number of primary amides is 1. The highest BCUT2D eigenvalue weighted by Gasteiger charge is 2.33. The fraction of sp³-hybridized carbons (Fsp3) is 0.909. The molecular formula is C11H22N2OS. The Morgan fingerprint density at radius 2 is 2.33 bits per heavy atom. The minimum Gasteiger partial charge on any atom is -0.370 e. The van der Waals surface area contributed by atoms with Crippen LogP contribution in [0.2, 0.25) is 0 Å². The maximum Gasteiger partial charge on any atom is 0.218 e. The summed E-state index contributed by atoms with van der Waals surface area (Å²) in [6.07, 6.45) is 1.66. The van der Waals surface area contributed by atoms with Crippen LogP contribution >= 0.6 is 11.8 Å². The number of carbonyl (C=O) groups excluding carboxylic acids is 1. The van der Waals surface area contributed by atoms with Crippen molar-refractivity contribution in [1.29, 1.82) is 0 Å². The van der Waals surface area contributed by atoms with Gasteiger partial charge in [-0.1, -0.05) is 13.8 Å². The third-order valence-electron chi connectivity index (χ3n) is 3.11. The van der Waals surface area contributed by atoms with Gasteiger partial charge in [-0.15, -0.1) is 0 Å². The maximum absolute atomic E-state index is 10.8. The van der Waals surface area contributed by atoms with Crippen LogP contribution in [0.3, 0.4) is 0 Å². The van der Waals surface area contributed by atoms with Crippen molar-refractivity contribution >= 4 is 17.7 Å². The van der Waals surface area contributed by atoms with Gasteiger partial charge in [-0.2, -0.15) is 11.8 Å². The predicted octanol–water partition coefficient (Wildman–Crippen LogP) is 1.37. The van der Waals surface area contributed by atoms with Crippen molar-refractivity contribution < 1.29 is 4.79 Å². The molecule has 4 heteroatoms. The van der Waals surface area contributed by atoms with Crippen LogP contribution in [0.15, 0.2) is 0 Å². The van der Waals surface area contributed by atoms with Gasteiger partial charge in [0.25, 0.3) is 0 Å². The normalized spacial score (nSPS) is 27.3. The zero-order valence-corrected chi connectivity index (χ0v) is 10.7. The first-order valence-corrected chi connectivity index (χ1v) is 6.69. The smallest absolute Gasteiger partial charge is 0.218 e. The molecule has 0 aromatic rings. The third kappa shape index (κ3) is 4.03. The van der Waals surface area contributed by atoms with Crippen LogP contribution < -0.4 is 11.1 Å². The predicted molar refractivity (Wildman–Crippen MR) is 65.9 cm³/mol. The Kier molecular flexibility index (Phi) is 4.46. The molecule has 1 fully saturated rings. The van der Waals surface area contributed by atoms with Gasteiger partial charge in [0.15, 0.2) is 0 Å². The molecule has 1 rings (SSSR count). The molecule has 1 heterocycles. The maximum atomic E-state index is 10.8. The zero-order valence-electron chi connectivity index (χ0n) is 9.88. The molecule has 0 aliphatic carbocycles. The molecule has 0 saturated carbocycles. The third-order valence-corrected chi connectivity index (χ3v) is 4.17. The van der Waals surface area contributed by atoms with Crippen LogP contribution in [-0.4, -0.2) is 29.5 Å². The molecule has 3 N–H and O–H groups in total. The van der Waals surface area contributed by atoms with Gasteiger partial charge in [0.05, 0.1) is 0 Å². The lowest BCUT2D eigenvalue weighted by Crippen LogP contribution is -2.50. The van der Waals surface area contributed by atoms with Crippen molar-refractivity contribution in [2.75, 3.05) is 11.5 Å². The molecule has 15 heavy (non-hydrogen) atoms. The van der Waals surface area contributed by atoms with Crippen LogP contribution in [0.25, 0.3) is 0 Å². The summed E-state index contributed by atoms with van der Waals surface area (Å²) >= 11 is 1.99. The molecule has 1 aliphatic heterocycles. The van der Waals surface area contributed by atoms with E-state index in [1.807, 2.05) is 18.7 Å². The summed E-state index contributed by atoms with van der Waals surface area (Å²) in [5.74, 6) is 2.15. The topological polar surface area (TPSA) is 55.1 Å². The molecule has 0 aromatic heterocycles. The van der Waals surface area contributed by atoms with Crippen molar-refractivity contribution in [1.82, 2.24) is 5.32 Å². The van der Waals surface area contributed by atoms with Crippen LogP contribution in [0.5, 0.6) is 0 Å². The van der Waals surface area contributed by atoms with E-state index in [0.717, 1.165) is 5.75 Å². The van der Waals surface area contributed by atoms with Gasteiger partial charge in [0.1, 0.15) is 0 Å². The second-order valence-corrected chi connectivity index (χ2v) is 6.25. The summed E-state index contributed by atoms with van der Waals surface area (Å²) < 4.78 is 0. The molecule has 1 aliphatic rings. The highest BCUT2D eigenvalue weighted by atomic mass is 32.2. The summed E-state index contributed by atoms with van der Waals surface area (Å²) in [7, 11) is 0. The van der Waals surface area contributed by atoms with Crippen molar-refractivity contribution in [3.05, 3.63) is 0 Å². The van der Waals surface area contributed by atoms with Gasteiger partial charge in [0, 0.05) is 24.3 Å². The first-order valence-electron chi connectivity index (χ1n) is 5.54. The number of nitrogens with one attached hydrogen (secondary N) is 1.